The van der Waals surface area contributed by atoms with E-state index in [9.17, 15) is 0 Å². The van der Waals surface area contributed by atoms with Gasteiger partial charge in [-0.05, 0) is 43.3 Å². The summed E-state index contributed by atoms with van der Waals surface area (Å²) in [5, 5.41) is 3.51. The number of fused-ring (bicyclic) bond motifs is 2. The largest absolute Gasteiger partial charge is 0.352 e. The summed E-state index contributed by atoms with van der Waals surface area (Å²) >= 11 is 0. The van der Waals surface area contributed by atoms with Crippen LogP contribution in [-0.4, -0.2) is 0 Å². The lowest BCUT2D eigenvalue weighted by atomic mass is 10.1. The lowest BCUT2D eigenvalue weighted by Gasteiger charge is -2.33. The number of rotatable bonds is 1. The average Bonchev–Trinajstić information content (AvgIpc) is 2.53. The van der Waals surface area contributed by atoms with E-state index in [0.717, 1.165) is 11.4 Å². The van der Waals surface area contributed by atoms with E-state index in [0.29, 0.717) is 0 Å². The second-order valence-corrected chi connectivity index (χ2v) is 5.33. The molecule has 0 spiro atoms. The zero-order valence-corrected chi connectivity index (χ0v) is 11.9. The minimum atomic E-state index is 1.14. The summed E-state index contributed by atoms with van der Waals surface area (Å²) in [7, 11) is 0. The first-order valence-corrected chi connectivity index (χ1v) is 7.15. The molecule has 3 aromatic rings. The molecule has 0 saturated carbocycles. The van der Waals surface area contributed by atoms with Gasteiger partial charge in [-0.25, -0.2) is 0 Å². The van der Waals surface area contributed by atoms with Crippen molar-refractivity contribution in [3.8, 4) is 0 Å². The van der Waals surface area contributed by atoms with E-state index in [1.165, 1.54) is 22.6 Å². The van der Waals surface area contributed by atoms with Crippen molar-refractivity contribution in [2.24, 2.45) is 0 Å². The maximum atomic E-state index is 3.51. The Bertz CT molecular complexity index is 745. The zero-order valence-electron chi connectivity index (χ0n) is 11.9. The van der Waals surface area contributed by atoms with Gasteiger partial charge in [0.25, 0.3) is 0 Å². The molecule has 0 unspecified atom stereocenters. The summed E-state index contributed by atoms with van der Waals surface area (Å²) in [5.74, 6) is 0. The molecule has 0 radical (unpaired) electrons. The third kappa shape index (κ3) is 1.96. The van der Waals surface area contributed by atoms with Crippen molar-refractivity contribution < 1.29 is 0 Å². The summed E-state index contributed by atoms with van der Waals surface area (Å²) in [6.45, 7) is 2.11. The standard InChI is InChI=1S/C19H16N2/c1-14-10-12-15(13-11-14)21-18-8-4-2-6-16(18)20-17-7-3-5-9-19(17)21/h2-13,20H,1H3. The number of nitrogens with zero attached hydrogens (tertiary/aromatic N) is 1. The Morgan fingerprint density at radius 1 is 0.667 bits per heavy atom. The van der Waals surface area contributed by atoms with Gasteiger partial charge in [0.2, 0.25) is 0 Å². The summed E-state index contributed by atoms with van der Waals surface area (Å²) in [6.07, 6.45) is 0. The summed E-state index contributed by atoms with van der Waals surface area (Å²) < 4.78 is 0. The summed E-state index contributed by atoms with van der Waals surface area (Å²) in [4.78, 5) is 2.31. The highest BCUT2D eigenvalue weighted by molar-refractivity contribution is 5.96. The molecule has 1 aliphatic heterocycles. The molecule has 0 bridgehead atoms. The minimum Gasteiger partial charge on any atom is -0.352 e. The fraction of sp³-hybridized carbons (Fsp3) is 0.0526. The summed E-state index contributed by atoms with van der Waals surface area (Å²) in [6, 6.07) is 25.5. The van der Waals surface area contributed by atoms with Crippen LogP contribution in [0.5, 0.6) is 0 Å². The molecule has 0 aliphatic carbocycles. The van der Waals surface area contributed by atoms with Crippen molar-refractivity contribution in [3.63, 3.8) is 0 Å². The highest BCUT2D eigenvalue weighted by Crippen LogP contribution is 2.47. The fourth-order valence-corrected chi connectivity index (χ4v) is 2.80. The van der Waals surface area contributed by atoms with Crippen molar-refractivity contribution in [1.29, 1.82) is 0 Å². The lowest BCUT2D eigenvalue weighted by molar-refractivity contribution is 1.25. The van der Waals surface area contributed by atoms with Gasteiger partial charge in [-0.2, -0.15) is 0 Å². The van der Waals surface area contributed by atoms with E-state index < -0.39 is 0 Å². The van der Waals surface area contributed by atoms with Gasteiger partial charge in [0.1, 0.15) is 0 Å². The van der Waals surface area contributed by atoms with E-state index in [1.807, 2.05) is 0 Å². The number of aryl methyl sites for hydroxylation is 1. The molecule has 0 fully saturated rings. The number of hydrogen-bond donors (Lipinski definition) is 1. The molecular weight excluding hydrogens is 256 g/mol. The molecule has 3 aromatic carbocycles. The zero-order chi connectivity index (χ0) is 14.2. The molecule has 0 atom stereocenters. The van der Waals surface area contributed by atoms with Gasteiger partial charge in [0.05, 0.1) is 22.7 Å². The van der Waals surface area contributed by atoms with E-state index in [1.54, 1.807) is 0 Å². The van der Waals surface area contributed by atoms with Crippen LogP contribution in [0.4, 0.5) is 28.4 Å². The number of para-hydroxylation sites is 4. The van der Waals surface area contributed by atoms with Crippen LogP contribution in [0.2, 0.25) is 0 Å². The third-order valence-corrected chi connectivity index (χ3v) is 3.85. The van der Waals surface area contributed by atoms with Gasteiger partial charge in [0, 0.05) is 5.69 Å². The number of hydrogen-bond acceptors (Lipinski definition) is 2. The predicted molar refractivity (Wildman–Crippen MR) is 89.1 cm³/mol. The molecule has 0 aromatic heterocycles. The Hall–Kier alpha value is -2.74. The maximum absolute atomic E-state index is 3.51. The molecule has 4 rings (SSSR count). The molecule has 102 valence electrons. The molecule has 1 aliphatic rings. The fourth-order valence-electron chi connectivity index (χ4n) is 2.80. The first-order chi connectivity index (χ1) is 10.3. The van der Waals surface area contributed by atoms with Crippen LogP contribution in [0.15, 0.2) is 72.8 Å². The van der Waals surface area contributed by atoms with Gasteiger partial charge in [-0.1, -0.05) is 42.0 Å². The topological polar surface area (TPSA) is 15.3 Å². The number of benzene rings is 3. The Morgan fingerprint density at radius 2 is 1.19 bits per heavy atom. The summed E-state index contributed by atoms with van der Waals surface area (Å²) in [5.41, 5.74) is 7.09. The average molecular weight is 272 g/mol. The molecule has 1 N–H and O–H groups in total. The normalized spacial score (nSPS) is 12.3. The molecule has 21 heavy (non-hydrogen) atoms. The monoisotopic (exact) mass is 272 g/mol. The Labute approximate surface area is 124 Å². The van der Waals surface area contributed by atoms with Crippen LogP contribution < -0.4 is 10.2 Å². The van der Waals surface area contributed by atoms with E-state index in [2.05, 4.69) is 89.9 Å². The van der Waals surface area contributed by atoms with Crippen molar-refractivity contribution in [2.45, 2.75) is 6.92 Å². The van der Waals surface area contributed by atoms with Gasteiger partial charge in [-0.3, -0.25) is 0 Å². The van der Waals surface area contributed by atoms with Gasteiger partial charge >= 0.3 is 0 Å². The Kier molecular flexibility index (Phi) is 2.68. The smallest absolute Gasteiger partial charge is 0.0697 e. The van der Waals surface area contributed by atoms with Crippen LogP contribution in [0.1, 0.15) is 5.56 Å². The molecule has 0 saturated heterocycles. The second-order valence-electron chi connectivity index (χ2n) is 5.33. The van der Waals surface area contributed by atoms with Crippen LogP contribution in [-0.2, 0) is 0 Å². The van der Waals surface area contributed by atoms with Crippen LogP contribution in [0.25, 0.3) is 0 Å². The van der Waals surface area contributed by atoms with Crippen molar-refractivity contribution in [3.05, 3.63) is 78.4 Å². The van der Waals surface area contributed by atoms with Gasteiger partial charge in [0.15, 0.2) is 0 Å². The predicted octanol–water partition coefficient (Wildman–Crippen LogP) is 5.52. The van der Waals surface area contributed by atoms with Crippen molar-refractivity contribution >= 4 is 28.4 Å². The minimum absolute atomic E-state index is 1.14. The molecule has 1 heterocycles. The van der Waals surface area contributed by atoms with E-state index in [4.69, 9.17) is 0 Å². The SMILES string of the molecule is Cc1ccc(N2c3ccccc3Nc3ccccc32)cc1. The van der Waals surface area contributed by atoms with Gasteiger partial charge < -0.3 is 10.2 Å². The van der Waals surface area contributed by atoms with Crippen LogP contribution in [0, 0.1) is 6.92 Å². The first kappa shape index (κ1) is 12.0. The number of anilines is 5. The first-order valence-electron chi connectivity index (χ1n) is 7.15. The molecule has 2 heteroatoms. The quantitative estimate of drug-likeness (QED) is 0.490. The molecular formula is C19H16N2. The van der Waals surface area contributed by atoms with Crippen LogP contribution in [0.3, 0.4) is 0 Å². The third-order valence-electron chi connectivity index (χ3n) is 3.85. The second kappa shape index (κ2) is 4.67. The lowest BCUT2D eigenvalue weighted by Crippen LogP contribution is -2.17. The highest BCUT2D eigenvalue weighted by atomic mass is 15.2. The maximum Gasteiger partial charge on any atom is 0.0697 e. The highest BCUT2D eigenvalue weighted by Gasteiger charge is 2.22. The van der Waals surface area contributed by atoms with Crippen molar-refractivity contribution in [2.75, 3.05) is 10.2 Å². The molecule has 0 amide bonds. The van der Waals surface area contributed by atoms with Crippen LogP contribution >= 0.6 is 0 Å². The van der Waals surface area contributed by atoms with E-state index in [-0.39, 0.29) is 0 Å². The Balaban J connectivity index is 1.95. The van der Waals surface area contributed by atoms with Crippen molar-refractivity contribution in [1.82, 2.24) is 0 Å². The molecule has 2 nitrogen and oxygen atoms in total. The van der Waals surface area contributed by atoms with E-state index >= 15 is 0 Å². The van der Waals surface area contributed by atoms with Gasteiger partial charge in [-0.15, -0.1) is 0 Å². The Morgan fingerprint density at radius 3 is 1.76 bits per heavy atom. The number of nitrogens with one attached hydrogen (secondary N) is 1.